The Balaban J connectivity index is 1.49. The maximum Gasteiger partial charge on any atom is 0.306 e. The van der Waals surface area contributed by atoms with Crippen LogP contribution in [0.3, 0.4) is 0 Å². The molecule has 6 nitrogen and oxygen atoms in total. The lowest BCUT2D eigenvalue weighted by atomic mass is 9.83. The van der Waals surface area contributed by atoms with Crippen LogP contribution < -0.4 is 5.73 Å². The van der Waals surface area contributed by atoms with Gasteiger partial charge in [0, 0.05) is 41.5 Å². The normalized spacial score (nSPS) is 19.5. The maximum absolute atomic E-state index is 13.0. The molecule has 0 saturated heterocycles. The van der Waals surface area contributed by atoms with Crippen LogP contribution in [0.5, 0.6) is 0 Å². The van der Waals surface area contributed by atoms with Crippen LogP contribution in [0, 0.1) is 5.92 Å². The van der Waals surface area contributed by atoms with E-state index in [0.717, 1.165) is 59.5 Å². The van der Waals surface area contributed by atoms with Gasteiger partial charge in [-0.25, -0.2) is 0 Å². The third-order valence-corrected chi connectivity index (χ3v) is 9.17. The number of fused-ring (bicyclic) bond motifs is 1. The number of carbonyl (C=O) groups excluding carboxylic acids is 3. The standard InChI is InChI=1S/C30H39ClN2O4S/c1-30(2,3)37-27(35)8-5-14-33(18-21-6-4-7-21)15-13-24-26(19-33)38-25(28(24)29(32)36)17-23(34)16-20-9-11-22(31)12-10-20/h9-12,21H,4-8,13-19H2,1-3H3,(H-,32,36)/p+1. The van der Waals surface area contributed by atoms with Gasteiger partial charge in [-0.15, -0.1) is 11.3 Å². The summed E-state index contributed by atoms with van der Waals surface area (Å²) < 4.78 is 6.45. The van der Waals surface area contributed by atoms with Crippen molar-refractivity contribution in [1.29, 1.82) is 0 Å². The van der Waals surface area contributed by atoms with E-state index < -0.39 is 11.5 Å². The molecule has 38 heavy (non-hydrogen) atoms. The summed E-state index contributed by atoms with van der Waals surface area (Å²) in [6.45, 7) is 9.45. The van der Waals surface area contributed by atoms with Crippen LogP contribution in [-0.4, -0.2) is 47.4 Å². The molecule has 0 radical (unpaired) electrons. The molecule has 1 saturated carbocycles. The third kappa shape index (κ3) is 7.45. The number of esters is 1. The van der Waals surface area contributed by atoms with Gasteiger partial charge >= 0.3 is 5.97 Å². The smallest absolute Gasteiger partial charge is 0.306 e. The van der Waals surface area contributed by atoms with Gasteiger partial charge in [0.05, 0.1) is 36.5 Å². The number of benzene rings is 1. The lowest BCUT2D eigenvalue weighted by Gasteiger charge is -2.45. The van der Waals surface area contributed by atoms with Crippen LogP contribution in [-0.2, 0) is 40.1 Å². The van der Waals surface area contributed by atoms with E-state index in [9.17, 15) is 14.4 Å². The number of carbonyl (C=O) groups is 3. The van der Waals surface area contributed by atoms with E-state index in [0.29, 0.717) is 29.3 Å². The summed E-state index contributed by atoms with van der Waals surface area (Å²) in [4.78, 5) is 39.8. The Kier molecular flexibility index (Phi) is 9.00. The van der Waals surface area contributed by atoms with Crippen molar-refractivity contribution in [3.05, 3.63) is 55.7 Å². The van der Waals surface area contributed by atoms with Crippen LogP contribution in [0.1, 0.15) is 84.1 Å². The molecule has 1 aromatic carbocycles. The zero-order valence-corrected chi connectivity index (χ0v) is 24.4. The molecular formula is C30H40ClN2O4S+. The van der Waals surface area contributed by atoms with Crippen molar-refractivity contribution < 1.29 is 23.6 Å². The van der Waals surface area contributed by atoms with E-state index in [1.54, 1.807) is 23.5 Å². The van der Waals surface area contributed by atoms with Crippen LogP contribution in [0.2, 0.25) is 5.02 Å². The van der Waals surface area contributed by atoms with Gasteiger partial charge in [0.2, 0.25) is 5.91 Å². The quantitative estimate of drug-likeness (QED) is 0.285. The molecule has 2 aromatic rings. The lowest BCUT2D eigenvalue weighted by Crippen LogP contribution is -2.54. The summed E-state index contributed by atoms with van der Waals surface area (Å²) in [7, 11) is 0. The number of nitrogens with zero attached hydrogens (tertiary/aromatic N) is 1. The minimum absolute atomic E-state index is 0.0565. The summed E-state index contributed by atoms with van der Waals surface area (Å²) in [6.07, 6.45) is 6.28. The molecule has 2 aliphatic rings. The highest BCUT2D eigenvalue weighted by molar-refractivity contribution is 7.12. The average molecular weight is 560 g/mol. The predicted molar refractivity (Wildman–Crippen MR) is 151 cm³/mol. The molecule has 2 N–H and O–H groups in total. The van der Waals surface area contributed by atoms with Crippen molar-refractivity contribution >= 4 is 40.6 Å². The number of Topliss-reactive ketones (excluding diaryl/α,β-unsaturated/α-hetero) is 1. The Morgan fingerprint density at radius 3 is 2.45 bits per heavy atom. The molecule has 1 aliphatic heterocycles. The molecule has 1 aliphatic carbocycles. The second kappa shape index (κ2) is 11.9. The van der Waals surface area contributed by atoms with Gasteiger partial charge in [-0.1, -0.05) is 30.2 Å². The highest BCUT2D eigenvalue weighted by atomic mass is 35.5. The zero-order chi connectivity index (χ0) is 27.5. The fourth-order valence-corrected chi connectivity index (χ4v) is 7.44. The molecule has 1 atom stereocenters. The Labute approximate surface area is 235 Å². The van der Waals surface area contributed by atoms with Gasteiger partial charge in [-0.05, 0) is 56.9 Å². The fourth-order valence-electron chi connectivity index (χ4n) is 5.79. The van der Waals surface area contributed by atoms with Crippen LogP contribution in [0.4, 0.5) is 0 Å². The minimum atomic E-state index is -0.473. The van der Waals surface area contributed by atoms with Gasteiger partial charge in [0.1, 0.15) is 17.9 Å². The number of halogens is 1. The summed E-state index contributed by atoms with van der Waals surface area (Å²) in [5.41, 5.74) is 7.88. The first-order valence-corrected chi connectivity index (χ1v) is 14.9. The number of ether oxygens (including phenoxy) is 1. The number of rotatable bonds is 11. The molecule has 1 unspecified atom stereocenters. The first kappa shape index (κ1) is 28.8. The van der Waals surface area contributed by atoms with Gasteiger partial charge in [0.15, 0.2) is 0 Å². The molecule has 2 heterocycles. The topological polar surface area (TPSA) is 86.5 Å². The molecular weight excluding hydrogens is 520 g/mol. The SMILES string of the molecule is CC(C)(C)OC(=O)CCC[N+]1(CC2CCC2)CCc2c(sc(CC(=O)Cc3ccc(Cl)cc3)c2C(N)=O)C1. The number of quaternary nitrogens is 1. The average Bonchev–Trinajstić information content (AvgIpc) is 3.13. The summed E-state index contributed by atoms with van der Waals surface area (Å²) in [5, 5.41) is 0.637. The number of thiophene rings is 1. The molecule has 0 spiro atoms. The van der Waals surface area contributed by atoms with E-state index in [-0.39, 0.29) is 18.2 Å². The number of amides is 1. The van der Waals surface area contributed by atoms with Gasteiger partial charge in [-0.2, -0.15) is 0 Å². The molecule has 1 amide bonds. The maximum atomic E-state index is 13.0. The monoisotopic (exact) mass is 559 g/mol. The van der Waals surface area contributed by atoms with Crippen molar-refractivity contribution in [3.63, 3.8) is 0 Å². The van der Waals surface area contributed by atoms with Crippen LogP contribution in [0.25, 0.3) is 0 Å². The van der Waals surface area contributed by atoms with Crippen molar-refractivity contribution in [3.8, 4) is 0 Å². The van der Waals surface area contributed by atoms with E-state index >= 15 is 0 Å². The number of hydrogen-bond donors (Lipinski definition) is 1. The minimum Gasteiger partial charge on any atom is -0.460 e. The third-order valence-electron chi connectivity index (χ3n) is 7.70. The van der Waals surface area contributed by atoms with Gasteiger partial charge in [0.25, 0.3) is 0 Å². The highest BCUT2D eigenvalue weighted by Gasteiger charge is 2.40. The van der Waals surface area contributed by atoms with Gasteiger partial charge < -0.3 is 15.0 Å². The van der Waals surface area contributed by atoms with Crippen molar-refractivity contribution in [2.24, 2.45) is 11.7 Å². The highest BCUT2D eigenvalue weighted by Crippen LogP contribution is 2.39. The Morgan fingerprint density at radius 2 is 1.84 bits per heavy atom. The first-order valence-electron chi connectivity index (χ1n) is 13.7. The lowest BCUT2D eigenvalue weighted by molar-refractivity contribution is -0.946. The molecule has 1 aromatic heterocycles. The number of nitrogens with two attached hydrogens (primary N) is 1. The number of primary amides is 1. The van der Waals surface area contributed by atoms with E-state index in [1.807, 2.05) is 32.9 Å². The van der Waals surface area contributed by atoms with Crippen molar-refractivity contribution in [2.45, 2.75) is 84.3 Å². The van der Waals surface area contributed by atoms with Gasteiger partial charge in [-0.3, -0.25) is 14.4 Å². The summed E-state index contributed by atoms with van der Waals surface area (Å²) in [6, 6.07) is 7.28. The summed E-state index contributed by atoms with van der Waals surface area (Å²) in [5.74, 6) is 0.182. The second-order valence-electron chi connectivity index (χ2n) is 12.1. The van der Waals surface area contributed by atoms with Crippen LogP contribution in [0.15, 0.2) is 24.3 Å². The molecule has 1 fully saturated rings. The Hall–Kier alpha value is -2.22. The zero-order valence-electron chi connectivity index (χ0n) is 22.8. The van der Waals surface area contributed by atoms with E-state index in [4.69, 9.17) is 22.1 Å². The van der Waals surface area contributed by atoms with E-state index in [2.05, 4.69) is 0 Å². The molecule has 206 valence electrons. The first-order chi connectivity index (χ1) is 17.9. The van der Waals surface area contributed by atoms with Crippen molar-refractivity contribution in [2.75, 3.05) is 19.6 Å². The molecule has 8 heteroatoms. The molecule has 0 bridgehead atoms. The summed E-state index contributed by atoms with van der Waals surface area (Å²) >= 11 is 7.56. The second-order valence-corrected chi connectivity index (χ2v) is 13.7. The largest absolute Gasteiger partial charge is 0.460 e. The number of hydrogen-bond acceptors (Lipinski definition) is 5. The van der Waals surface area contributed by atoms with Crippen molar-refractivity contribution in [1.82, 2.24) is 0 Å². The number of ketones is 1. The van der Waals surface area contributed by atoms with Crippen LogP contribution >= 0.6 is 22.9 Å². The fraction of sp³-hybridized carbons (Fsp3) is 0.567. The van der Waals surface area contributed by atoms with E-state index in [1.165, 1.54) is 24.1 Å². The Bertz CT molecular complexity index is 1180. The molecule has 4 rings (SSSR count). The Morgan fingerprint density at radius 1 is 1.13 bits per heavy atom. The predicted octanol–water partition coefficient (Wildman–Crippen LogP) is 5.65.